The Balaban J connectivity index is 2.37. The molecular formula is C18H18ClF3N4. The molecule has 0 amide bonds. The largest absolute Gasteiger partial charge is 0.435 e. The van der Waals surface area contributed by atoms with Gasteiger partial charge in [-0.05, 0) is 26.3 Å². The fourth-order valence-electron chi connectivity index (χ4n) is 2.71. The Labute approximate surface area is 154 Å². The first-order valence-corrected chi connectivity index (χ1v) is 8.59. The van der Waals surface area contributed by atoms with Crippen molar-refractivity contribution < 1.29 is 13.2 Å². The third-order valence-electron chi connectivity index (χ3n) is 4.14. The van der Waals surface area contributed by atoms with E-state index < -0.39 is 11.9 Å². The molecule has 26 heavy (non-hydrogen) atoms. The summed E-state index contributed by atoms with van der Waals surface area (Å²) in [4.78, 5) is 4.32. The Bertz CT molecular complexity index is 949. The highest BCUT2D eigenvalue weighted by Gasteiger charge is 2.39. The number of aromatic nitrogens is 3. The summed E-state index contributed by atoms with van der Waals surface area (Å²) in [5, 5.41) is 7.25. The number of anilines is 1. The molecule has 0 spiro atoms. The summed E-state index contributed by atoms with van der Waals surface area (Å²) in [6.45, 7) is 5.67. The van der Waals surface area contributed by atoms with Crippen molar-refractivity contribution in [3.05, 3.63) is 46.7 Å². The molecule has 2 heterocycles. The average molecular weight is 383 g/mol. The summed E-state index contributed by atoms with van der Waals surface area (Å²) in [5.74, 6) is 0.464. The zero-order chi connectivity index (χ0) is 19.1. The quantitative estimate of drug-likeness (QED) is 0.639. The van der Waals surface area contributed by atoms with Crippen LogP contribution in [0, 0.1) is 6.92 Å². The second-order valence-electron chi connectivity index (χ2n) is 6.17. The summed E-state index contributed by atoms with van der Waals surface area (Å²) < 4.78 is 42.3. The van der Waals surface area contributed by atoms with E-state index in [4.69, 9.17) is 11.6 Å². The lowest BCUT2D eigenvalue weighted by Crippen LogP contribution is -2.17. The van der Waals surface area contributed by atoms with Crippen LogP contribution in [-0.4, -0.2) is 20.6 Å². The van der Waals surface area contributed by atoms with E-state index in [2.05, 4.69) is 15.4 Å². The number of alkyl halides is 3. The van der Waals surface area contributed by atoms with Crippen molar-refractivity contribution in [2.45, 2.75) is 39.4 Å². The Morgan fingerprint density at radius 2 is 1.96 bits per heavy atom. The molecule has 0 bridgehead atoms. The van der Waals surface area contributed by atoms with E-state index in [9.17, 15) is 13.2 Å². The molecule has 138 valence electrons. The average Bonchev–Trinajstić information content (AvgIpc) is 2.94. The van der Waals surface area contributed by atoms with Gasteiger partial charge in [-0.3, -0.25) is 0 Å². The van der Waals surface area contributed by atoms with E-state index in [0.29, 0.717) is 11.5 Å². The first kappa shape index (κ1) is 18.5. The maximum absolute atomic E-state index is 13.7. The minimum absolute atomic E-state index is 0.0716. The van der Waals surface area contributed by atoms with Crippen LogP contribution in [0.3, 0.4) is 0 Å². The second-order valence-corrected chi connectivity index (χ2v) is 6.58. The van der Waals surface area contributed by atoms with Gasteiger partial charge in [-0.2, -0.15) is 22.8 Å². The second kappa shape index (κ2) is 6.79. The van der Waals surface area contributed by atoms with Crippen molar-refractivity contribution in [2.75, 3.05) is 5.32 Å². The molecule has 0 saturated carbocycles. The number of nitrogens with one attached hydrogen (secondary N) is 1. The third kappa shape index (κ3) is 3.35. The predicted octanol–water partition coefficient (Wildman–Crippen LogP) is 5.59. The Morgan fingerprint density at radius 3 is 2.58 bits per heavy atom. The lowest BCUT2D eigenvalue weighted by atomic mass is 10.1. The minimum atomic E-state index is -4.64. The molecule has 2 aromatic heterocycles. The highest BCUT2D eigenvalue weighted by Crippen LogP contribution is 2.41. The van der Waals surface area contributed by atoms with E-state index in [-0.39, 0.29) is 27.8 Å². The van der Waals surface area contributed by atoms with Crippen molar-refractivity contribution in [2.24, 2.45) is 0 Å². The molecule has 0 aliphatic carbocycles. The van der Waals surface area contributed by atoms with E-state index in [1.165, 1.54) is 4.52 Å². The van der Waals surface area contributed by atoms with Gasteiger partial charge in [0.05, 0.1) is 5.56 Å². The molecule has 0 fully saturated rings. The molecule has 0 aliphatic heterocycles. The number of benzene rings is 1. The van der Waals surface area contributed by atoms with Crippen LogP contribution in [0.2, 0.25) is 5.02 Å². The van der Waals surface area contributed by atoms with E-state index >= 15 is 0 Å². The maximum atomic E-state index is 13.7. The number of halogens is 4. The fourth-order valence-corrected chi connectivity index (χ4v) is 2.94. The molecular weight excluding hydrogens is 365 g/mol. The molecule has 1 atom stereocenters. The lowest BCUT2D eigenvalue weighted by molar-refractivity contribution is -0.140. The van der Waals surface area contributed by atoms with Crippen molar-refractivity contribution in [1.29, 1.82) is 0 Å². The van der Waals surface area contributed by atoms with Gasteiger partial charge in [-0.1, -0.05) is 36.7 Å². The first-order valence-electron chi connectivity index (χ1n) is 8.21. The maximum Gasteiger partial charge on any atom is 0.435 e. The minimum Gasteiger partial charge on any atom is -0.367 e. The number of fused-ring (bicyclic) bond motifs is 1. The van der Waals surface area contributed by atoms with Gasteiger partial charge in [0.1, 0.15) is 5.82 Å². The molecule has 8 heteroatoms. The zero-order valence-corrected chi connectivity index (χ0v) is 15.3. The molecule has 1 aromatic carbocycles. The first-order chi connectivity index (χ1) is 12.2. The van der Waals surface area contributed by atoms with Gasteiger partial charge < -0.3 is 5.32 Å². The summed E-state index contributed by atoms with van der Waals surface area (Å²) >= 11 is 6.18. The molecule has 0 unspecified atom stereocenters. The topological polar surface area (TPSA) is 42.2 Å². The summed E-state index contributed by atoms with van der Waals surface area (Å²) in [6, 6.07) is 8.15. The molecule has 0 aliphatic rings. The molecule has 3 aromatic rings. The number of aryl methyl sites for hydroxylation is 1. The monoisotopic (exact) mass is 382 g/mol. The summed E-state index contributed by atoms with van der Waals surface area (Å²) in [7, 11) is 0. The number of rotatable bonds is 4. The molecule has 1 N–H and O–H groups in total. The van der Waals surface area contributed by atoms with Crippen LogP contribution in [0.25, 0.3) is 16.8 Å². The lowest BCUT2D eigenvalue weighted by Gasteiger charge is -2.14. The zero-order valence-electron chi connectivity index (χ0n) is 14.5. The van der Waals surface area contributed by atoms with Crippen molar-refractivity contribution in [3.63, 3.8) is 0 Å². The Hall–Kier alpha value is -2.28. The highest BCUT2D eigenvalue weighted by atomic mass is 35.5. The van der Waals surface area contributed by atoms with Crippen molar-refractivity contribution >= 4 is 23.1 Å². The fraction of sp³-hybridized carbons (Fsp3) is 0.333. The van der Waals surface area contributed by atoms with Gasteiger partial charge in [0.15, 0.2) is 11.3 Å². The summed E-state index contributed by atoms with van der Waals surface area (Å²) in [6.07, 6.45) is -3.82. The van der Waals surface area contributed by atoms with E-state index in [1.54, 1.807) is 37.3 Å². The smallest absolute Gasteiger partial charge is 0.367 e. The molecule has 4 nitrogen and oxygen atoms in total. The van der Waals surface area contributed by atoms with Gasteiger partial charge in [0.25, 0.3) is 0 Å². The number of nitrogens with zero attached hydrogens (tertiary/aromatic N) is 3. The molecule has 0 saturated heterocycles. The Morgan fingerprint density at radius 1 is 1.27 bits per heavy atom. The number of hydrogen-bond acceptors (Lipinski definition) is 3. The standard InChI is InChI=1S/C18H18ClF3N4/c1-4-10(2)23-14-9-11(3)24-17-15(12-7-5-6-8-13(12)19)16(18(20,21)22)25-26(14)17/h5-10,23H,4H2,1-3H3/t10-/m0/s1. The van der Waals surface area contributed by atoms with Gasteiger partial charge in [-0.25, -0.2) is 4.98 Å². The van der Waals surface area contributed by atoms with Gasteiger partial charge in [-0.15, -0.1) is 0 Å². The van der Waals surface area contributed by atoms with Crippen molar-refractivity contribution in [3.8, 4) is 11.1 Å². The van der Waals surface area contributed by atoms with Crippen LogP contribution in [0.5, 0.6) is 0 Å². The Kier molecular flexibility index (Phi) is 4.84. The predicted molar refractivity (Wildman–Crippen MR) is 96.5 cm³/mol. The van der Waals surface area contributed by atoms with Crippen molar-refractivity contribution in [1.82, 2.24) is 14.6 Å². The number of hydrogen-bond donors (Lipinski definition) is 1. The van der Waals surface area contributed by atoms with E-state index in [1.807, 2.05) is 13.8 Å². The summed E-state index contributed by atoms with van der Waals surface area (Å²) in [5.41, 5.74) is -0.152. The van der Waals surface area contributed by atoms with Crippen LogP contribution in [-0.2, 0) is 6.18 Å². The van der Waals surface area contributed by atoms with Crippen LogP contribution in [0.15, 0.2) is 30.3 Å². The van der Waals surface area contributed by atoms with Gasteiger partial charge in [0, 0.05) is 28.4 Å². The van der Waals surface area contributed by atoms with Crippen LogP contribution in [0.4, 0.5) is 19.0 Å². The van der Waals surface area contributed by atoms with Gasteiger partial charge >= 0.3 is 6.18 Å². The van der Waals surface area contributed by atoms with Crippen LogP contribution < -0.4 is 5.32 Å². The SMILES string of the molecule is CC[C@H](C)Nc1cc(C)nc2c(-c3ccccc3Cl)c(C(F)(F)F)nn12. The normalized spacial score (nSPS) is 13.2. The molecule has 3 rings (SSSR count). The highest BCUT2D eigenvalue weighted by molar-refractivity contribution is 6.33. The van der Waals surface area contributed by atoms with Gasteiger partial charge in [0.2, 0.25) is 0 Å². The third-order valence-corrected chi connectivity index (χ3v) is 4.47. The molecule has 0 radical (unpaired) electrons. The van der Waals surface area contributed by atoms with Crippen LogP contribution in [0.1, 0.15) is 31.7 Å². The van der Waals surface area contributed by atoms with Crippen LogP contribution >= 0.6 is 11.6 Å². The van der Waals surface area contributed by atoms with E-state index in [0.717, 1.165) is 6.42 Å².